The van der Waals surface area contributed by atoms with Crippen LogP contribution in [0.4, 0.5) is 0 Å². The lowest BCUT2D eigenvalue weighted by Gasteiger charge is -2.18. The van der Waals surface area contributed by atoms with Crippen LogP contribution in [-0.2, 0) is 6.54 Å². The molecule has 0 unspecified atom stereocenters. The number of fused-ring (bicyclic) bond motifs is 1. The highest BCUT2D eigenvalue weighted by molar-refractivity contribution is 6.08. The predicted octanol–water partition coefficient (Wildman–Crippen LogP) is 4.36. The van der Waals surface area contributed by atoms with Crippen molar-refractivity contribution in [2.75, 3.05) is 13.1 Å². The molecule has 0 atom stereocenters. The number of hydrogen-bond acceptors (Lipinski definition) is 3. The van der Waals surface area contributed by atoms with Gasteiger partial charge in [-0.3, -0.25) is 9.48 Å². The van der Waals surface area contributed by atoms with Gasteiger partial charge in [-0.25, -0.2) is 4.98 Å². The molecule has 1 aromatic carbocycles. The number of pyridine rings is 1. The molecule has 0 saturated carbocycles. The third-order valence-electron chi connectivity index (χ3n) is 5.26. The SMILES string of the molecule is CCCn1cc(-c2cc(C(=O)N3CCCC3)c3c(C)cc(C)cc3n2)cn1. The second-order valence-corrected chi connectivity index (χ2v) is 7.52. The number of hydrogen-bond donors (Lipinski definition) is 0. The molecule has 5 nitrogen and oxygen atoms in total. The Labute approximate surface area is 160 Å². The minimum absolute atomic E-state index is 0.119. The van der Waals surface area contributed by atoms with E-state index >= 15 is 0 Å². The summed E-state index contributed by atoms with van der Waals surface area (Å²) in [6, 6.07) is 6.16. The third-order valence-corrected chi connectivity index (χ3v) is 5.26. The van der Waals surface area contributed by atoms with E-state index < -0.39 is 0 Å². The largest absolute Gasteiger partial charge is 0.339 e. The van der Waals surface area contributed by atoms with Crippen LogP contribution in [0, 0.1) is 13.8 Å². The van der Waals surface area contributed by atoms with Crippen molar-refractivity contribution in [2.24, 2.45) is 0 Å². The summed E-state index contributed by atoms with van der Waals surface area (Å²) >= 11 is 0. The number of amides is 1. The molecular formula is C22H26N4O. The summed E-state index contributed by atoms with van der Waals surface area (Å²) in [5.74, 6) is 0.119. The van der Waals surface area contributed by atoms with Gasteiger partial charge in [-0.15, -0.1) is 0 Å². The summed E-state index contributed by atoms with van der Waals surface area (Å²) in [5, 5.41) is 5.41. The third kappa shape index (κ3) is 3.34. The summed E-state index contributed by atoms with van der Waals surface area (Å²) < 4.78 is 1.94. The first-order chi connectivity index (χ1) is 13.1. The number of benzene rings is 1. The Kier molecular flexibility index (Phi) is 4.68. The first-order valence-electron chi connectivity index (χ1n) is 9.81. The fourth-order valence-electron chi connectivity index (χ4n) is 4.01. The van der Waals surface area contributed by atoms with Crippen molar-refractivity contribution in [3.63, 3.8) is 0 Å². The lowest BCUT2D eigenvalue weighted by atomic mass is 9.98. The number of aryl methyl sites for hydroxylation is 3. The summed E-state index contributed by atoms with van der Waals surface area (Å²) in [6.45, 7) is 8.84. The second-order valence-electron chi connectivity index (χ2n) is 7.52. The zero-order chi connectivity index (χ0) is 19.0. The Morgan fingerprint density at radius 1 is 1.15 bits per heavy atom. The summed E-state index contributed by atoms with van der Waals surface area (Å²) in [7, 11) is 0. The molecule has 3 aromatic rings. The molecule has 1 aliphatic rings. The van der Waals surface area contributed by atoms with Crippen molar-refractivity contribution in [3.8, 4) is 11.3 Å². The Morgan fingerprint density at radius 3 is 2.67 bits per heavy atom. The minimum Gasteiger partial charge on any atom is -0.339 e. The number of rotatable bonds is 4. The highest BCUT2D eigenvalue weighted by Crippen LogP contribution is 2.29. The van der Waals surface area contributed by atoms with Gasteiger partial charge >= 0.3 is 0 Å². The van der Waals surface area contributed by atoms with Gasteiger partial charge in [-0.05, 0) is 56.4 Å². The number of nitrogens with zero attached hydrogens (tertiary/aromatic N) is 4. The molecule has 5 heteroatoms. The van der Waals surface area contributed by atoms with Gasteiger partial charge < -0.3 is 4.90 Å². The first-order valence-corrected chi connectivity index (χ1v) is 9.81. The van der Waals surface area contributed by atoms with Crippen LogP contribution in [0.5, 0.6) is 0 Å². The van der Waals surface area contributed by atoms with Gasteiger partial charge in [0.1, 0.15) is 0 Å². The minimum atomic E-state index is 0.119. The fourth-order valence-corrected chi connectivity index (χ4v) is 4.01. The summed E-state index contributed by atoms with van der Waals surface area (Å²) in [5.41, 5.74) is 5.69. The van der Waals surface area contributed by atoms with E-state index in [1.165, 1.54) is 0 Å². The van der Waals surface area contributed by atoms with E-state index in [1.54, 1.807) is 0 Å². The van der Waals surface area contributed by atoms with Crippen LogP contribution in [0.2, 0.25) is 0 Å². The van der Waals surface area contributed by atoms with E-state index in [9.17, 15) is 4.79 Å². The Balaban J connectivity index is 1.88. The monoisotopic (exact) mass is 362 g/mol. The van der Waals surface area contributed by atoms with Crippen molar-refractivity contribution in [2.45, 2.75) is 46.6 Å². The first kappa shape index (κ1) is 17.7. The Hall–Kier alpha value is -2.69. The Bertz CT molecular complexity index is 999. The lowest BCUT2D eigenvalue weighted by molar-refractivity contribution is 0.0794. The number of aromatic nitrogens is 3. The molecule has 0 radical (unpaired) electrons. The van der Waals surface area contributed by atoms with E-state index in [1.807, 2.05) is 28.0 Å². The number of carbonyl (C=O) groups is 1. The number of likely N-dealkylation sites (tertiary alicyclic amines) is 1. The van der Waals surface area contributed by atoms with Gasteiger partial charge in [0.25, 0.3) is 5.91 Å². The van der Waals surface area contributed by atoms with Crippen LogP contribution in [0.25, 0.3) is 22.2 Å². The molecule has 3 heterocycles. The van der Waals surface area contributed by atoms with Gasteiger partial charge in [0.15, 0.2) is 0 Å². The molecule has 1 saturated heterocycles. The second kappa shape index (κ2) is 7.14. The molecule has 1 amide bonds. The van der Waals surface area contributed by atoms with Crippen LogP contribution in [0.1, 0.15) is 47.7 Å². The molecule has 27 heavy (non-hydrogen) atoms. The molecule has 1 fully saturated rings. The molecule has 0 spiro atoms. The Morgan fingerprint density at radius 2 is 1.93 bits per heavy atom. The van der Waals surface area contributed by atoms with Crippen LogP contribution in [0.15, 0.2) is 30.6 Å². The molecule has 4 rings (SSSR count). The van der Waals surface area contributed by atoms with E-state index in [4.69, 9.17) is 4.98 Å². The van der Waals surface area contributed by atoms with Crippen LogP contribution in [0.3, 0.4) is 0 Å². The molecule has 0 bridgehead atoms. The standard InChI is InChI=1S/C22H26N4O/c1-4-7-26-14-17(13-23-26)19-12-18(22(27)25-8-5-6-9-25)21-16(3)10-15(2)11-20(21)24-19/h10-14H,4-9H2,1-3H3. The average Bonchev–Trinajstić information content (AvgIpc) is 3.32. The molecule has 140 valence electrons. The molecule has 1 aliphatic heterocycles. The maximum Gasteiger partial charge on any atom is 0.254 e. The molecule has 0 aliphatic carbocycles. The van der Waals surface area contributed by atoms with Crippen LogP contribution < -0.4 is 0 Å². The van der Waals surface area contributed by atoms with Crippen molar-refractivity contribution < 1.29 is 4.79 Å². The quantitative estimate of drug-likeness (QED) is 0.693. The van der Waals surface area contributed by atoms with E-state index in [2.05, 4.69) is 38.0 Å². The fraction of sp³-hybridized carbons (Fsp3) is 0.409. The van der Waals surface area contributed by atoms with E-state index in [-0.39, 0.29) is 5.91 Å². The van der Waals surface area contributed by atoms with Crippen LogP contribution in [-0.4, -0.2) is 38.7 Å². The zero-order valence-corrected chi connectivity index (χ0v) is 16.3. The normalized spacial score (nSPS) is 14.3. The maximum absolute atomic E-state index is 13.3. The average molecular weight is 362 g/mol. The van der Waals surface area contributed by atoms with Crippen LogP contribution >= 0.6 is 0 Å². The van der Waals surface area contributed by atoms with E-state index in [0.717, 1.165) is 77.7 Å². The topological polar surface area (TPSA) is 51.0 Å². The van der Waals surface area contributed by atoms with Crippen molar-refractivity contribution in [3.05, 3.63) is 47.3 Å². The van der Waals surface area contributed by atoms with Crippen molar-refractivity contribution in [1.29, 1.82) is 0 Å². The van der Waals surface area contributed by atoms with Gasteiger partial charge in [0.05, 0.1) is 23.0 Å². The highest BCUT2D eigenvalue weighted by atomic mass is 16.2. The predicted molar refractivity (Wildman–Crippen MR) is 108 cm³/mol. The summed E-state index contributed by atoms with van der Waals surface area (Å²) in [4.78, 5) is 20.1. The van der Waals surface area contributed by atoms with Crippen molar-refractivity contribution in [1.82, 2.24) is 19.7 Å². The van der Waals surface area contributed by atoms with Gasteiger partial charge in [-0.1, -0.05) is 13.0 Å². The van der Waals surface area contributed by atoms with Gasteiger partial charge in [0.2, 0.25) is 0 Å². The van der Waals surface area contributed by atoms with Gasteiger partial charge in [0, 0.05) is 36.8 Å². The molecule has 0 N–H and O–H groups in total. The van der Waals surface area contributed by atoms with E-state index in [0.29, 0.717) is 0 Å². The zero-order valence-electron chi connectivity index (χ0n) is 16.3. The van der Waals surface area contributed by atoms with Gasteiger partial charge in [-0.2, -0.15) is 5.10 Å². The summed E-state index contributed by atoms with van der Waals surface area (Å²) in [6.07, 6.45) is 7.07. The highest BCUT2D eigenvalue weighted by Gasteiger charge is 2.23. The maximum atomic E-state index is 13.3. The molecular weight excluding hydrogens is 336 g/mol. The number of carbonyl (C=O) groups excluding carboxylic acids is 1. The van der Waals surface area contributed by atoms with Crippen molar-refractivity contribution >= 4 is 16.8 Å². The lowest BCUT2D eigenvalue weighted by Crippen LogP contribution is -2.28. The molecule has 2 aromatic heterocycles. The smallest absolute Gasteiger partial charge is 0.254 e.